The first kappa shape index (κ1) is 22.5. The van der Waals surface area contributed by atoms with E-state index in [1.54, 1.807) is 19.1 Å². The highest BCUT2D eigenvalue weighted by molar-refractivity contribution is 5.89. The largest absolute Gasteiger partial charge is 0.462 e. The van der Waals surface area contributed by atoms with Gasteiger partial charge < -0.3 is 20.3 Å². The summed E-state index contributed by atoms with van der Waals surface area (Å²) in [5.74, 6) is 0.484. The van der Waals surface area contributed by atoms with E-state index >= 15 is 0 Å². The molecule has 0 saturated carbocycles. The molecule has 0 atom stereocenters. The van der Waals surface area contributed by atoms with Crippen LogP contribution in [0.1, 0.15) is 50.0 Å². The molecule has 0 aliphatic heterocycles. The highest BCUT2D eigenvalue weighted by atomic mass is 16.5. The Balaban J connectivity index is 2.58. The zero-order valence-corrected chi connectivity index (χ0v) is 16.9. The second-order valence-corrected chi connectivity index (χ2v) is 5.86. The minimum absolute atomic E-state index is 0.137. The SMILES string of the molecule is CCNC(=NCc1ccc(C(=O)OCC)cc1)NCCC(=O)N(CC)CC. The quantitative estimate of drug-likeness (QED) is 0.371. The van der Waals surface area contributed by atoms with Gasteiger partial charge >= 0.3 is 5.97 Å². The van der Waals surface area contributed by atoms with Crippen molar-refractivity contribution in [3.63, 3.8) is 0 Å². The van der Waals surface area contributed by atoms with E-state index in [9.17, 15) is 9.59 Å². The summed E-state index contributed by atoms with van der Waals surface area (Å²) in [5, 5.41) is 6.36. The van der Waals surface area contributed by atoms with Crippen LogP contribution in [0, 0.1) is 0 Å². The minimum atomic E-state index is -0.319. The number of rotatable bonds is 10. The van der Waals surface area contributed by atoms with Gasteiger partial charge in [0.05, 0.1) is 18.7 Å². The van der Waals surface area contributed by atoms with Crippen molar-refractivity contribution in [3.8, 4) is 0 Å². The fourth-order valence-corrected chi connectivity index (χ4v) is 2.50. The van der Waals surface area contributed by atoms with Crippen LogP contribution in [0.5, 0.6) is 0 Å². The van der Waals surface area contributed by atoms with Gasteiger partial charge in [-0.1, -0.05) is 12.1 Å². The summed E-state index contributed by atoms with van der Waals surface area (Å²) in [6.07, 6.45) is 0.431. The highest BCUT2D eigenvalue weighted by Crippen LogP contribution is 2.07. The highest BCUT2D eigenvalue weighted by Gasteiger charge is 2.09. The Morgan fingerprint density at radius 1 is 1.04 bits per heavy atom. The maximum absolute atomic E-state index is 12.0. The predicted molar refractivity (Wildman–Crippen MR) is 108 cm³/mol. The standard InChI is InChI=1S/C20H32N4O3/c1-5-21-20(22-14-13-18(25)24(6-2)7-3)23-15-16-9-11-17(12-10-16)19(26)27-8-4/h9-12H,5-8,13-15H2,1-4H3,(H2,21,22,23). The molecule has 1 aromatic rings. The summed E-state index contributed by atoms with van der Waals surface area (Å²) >= 11 is 0. The van der Waals surface area contributed by atoms with Gasteiger partial charge in [0, 0.05) is 32.6 Å². The zero-order valence-electron chi connectivity index (χ0n) is 16.9. The lowest BCUT2D eigenvalue weighted by molar-refractivity contribution is -0.130. The lowest BCUT2D eigenvalue weighted by Gasteiger charge is -2.19. The smallest absolute Gasteiger partial charge is 0.338 e. The number of nitrogens with one attached hydrogen (secondary N) is 2. The first-order valence-electron chi connectivity index (χ1n) is 9.61. The van der Waals surface area contributed by atoms with E-state index in [1.807, 2.05) is 37.8 Å². The molecule has 0 bridgehead atoms. The van der Waals surface area contributed by atoms with Crippen LogP contribution < -0.4 is 10.6 Å². The molecule has 0 aromatic heterocycles. The van der Waals surface area contributed by atoms with Gasteiger partial charge in [0.2, 0.25) is 5.91 Å². The first-order valence-corrected chi connectivity index (χ1v) is 9.61. The molecular formula is C20H32N4O3. The van der Waals surface area contributed by atoms with Crippen molar-refractivity contribution in [1.82, 2.24) is 15.5 Å². The number of hydrogen-bond donors (Lipinski definition) is 2. The number of amides is 1. The number of nitrogens with zero attached hydrogens (tertiary/aromatic N) is 2. The van der Waals surface area contributed by atoms with E-state index in [0.29, 0.717) is 37.6 Å². The predicted octanol–water partition coefficient (Wildman–Crippen LogP) is 2.18. The summed E-state index contributed by atoms with van der Waals surface area (Å²) in [5.41, 5.74) is 1.52. The molecule has 27 heavy (non-hydrogen) atoms. The summed E-state index contributed by atoms with van der Waals surface area (Å²) in [6.45, 7) is 11.3. The number of carbonyl (C=O) groups excluding carboxylic acids is 2. The van der Waals surface area contributed by atoms with Crippen molar-refractivity contribution in [2.45, 2.75) is 40.7 Å². The van der Waals surface area contributed by atoms with Crippen molar-refractivity contribution in [1.29, 1.82) is 0 Å². The van der Waals surface area contributed by atoms with Crippen LogP contribution in [-0.4, -0.2) is 55.5 Å². The normalized spacial score (nSPS) is 11.0. The molecule has 7 nitrogen and oxygen atoms in total. The Bertz CT molecular complexity index is 610. The van der Waals surface area contributed by atoms with E-state index in [-0.39, 0.29) is 11.9 Å². The summed E-state index contributed by atoms with van der Waals surface area (Å²) in [6, 6.07) is 7.21. The van der Waals surface area contributed by atoms with Crippen LogP contribution in [0.2, 0.25) is 0 Å². The third kappa shape index (κ3) is 8.11. The number of hydrogen-bond acceptors (Lipinski definition) is 4. The average Bonchev–Trinajstić information content (AvgIpc) is 2.67. The monoisotopic (exact) mass is 376 g/mol. The summed E-state index contributed by atoms with van der Waals surface area (Å²) < 4.78 is 4.98. The van der Waals surface area contributed by atoms with E-state index in [1.165, 1.54) is 0 Å². The molecule has 0 aliphatic rings. The molecule has 1 rings (SSSR count). The van der Waals surface area contributed by atoms with Crippen molar-refractivity contribution in [2.75, 3.05) is 32.8 Å². The second-order valence-electron chi connectivity index (χ2n) is 5.86. The van der Waals surface area contributed by atoms with Gasteiger partial charge in [0.25, 0.3) is 0 Å². The average molecular weight is 377 g/mol. The molecule has 1 aromatic carbocycles. The summed E-state index contributed by atoms with van der Waals surface area (Å²) in [4.78, 5) is 30.1. The van der Waals surface area contributed by atoms with Crippen LogP contribution in [0.25, 0.3) is 0 Å². The van der Waals surface area contributed by atoms with Crippen LogP contribution in [0.4, 0.5) is 0 Å². The molecule has 150 valence electrons. The minimum Gasteiger partial charge on any atom is -0.462 e. The molecule has 0 saturated heterocycles. The molecular weight excluding hydrogens is 344 g/mol. The van der Waals surface area contributed by atoms with Crippen LogP contribution in [0.15, 0.2) is 29.3 Å². The lowest BCUT2D eigenvalue weighted by atomic mass is 10.1. The Hall–Kier alpha value is -2.57. The Morgan fingerprint density at radius 3 is 2.26 bits per heavy atom. The lowest BCUT2D eigenvalue weighted by Crippen LogP contribution is -2.40. The van der Waals surface area contributed by atoms with Gasteiger partial charge in [-0.25, -0.2) is 9.79 Å². The number of carbonyl (C=O) groups is 2. The van der Waals surface area contributed by atoms with Gasteiger partial charge in [-0.3, -0.25) is 4.79 Å². The van der Waals surface area contributed by atoms with Crippen molar-refractivity contribution < 1.29 is 14.3 Å². The van der Waals surface area contributed by atoms with E-state index < -0.39 is 0 Å². The summed E-state index contributed by atoms with van der Waals surface area (Å²) in [7, 11) is 0. The third-order valence-electron chi connectivity index (χ3n) is 3.98. The van der Waals surface area contributed by atoms with Crippen LogP contribution >= 0.6 is 0 Å². The molecule has 1 amide bonds. The number of guanidine groups is 1. The van der Waals surface area contributed by atoms with E-state index in [0.717, 1.165) is 25.2 Å². The fraction of sp³-hybridized carbons (Fsp3) is 0.550. The Morgan fingerprint density at radius 2 is 1.70 bits per heavy atom. The van der Waals surface area contributed by atoms with Crippen LogP contribution in [0.3, 0.4) is 0 Å². The van der Waals surface area contributed by atoms with Gasteiger partial charge in [0.15, 0.2) is 5.96 Å². The zero-order chi connectivity index (χ0) is 20.1. The number of aliphatic imine (C=N–C) groups is 1. The third-order valence-corrected chi connectivity index (χ3v) is 3.98. The van der Waals surface area contributed by atoms with Crippen molar-refractivity contribution in [3.05, 3.63) is 35.4 Å². The molecule has 0 aliphatic carbocycles. The maximum atomic E-state index is 12.0. The molecule has 7 heteroatoms. The van der Waals surface area contributed by atoms with Crippen molar-refractivity contribution in [2.24, 2.45) is 4.99 Å². The van der Waals surface area contributed by atoms with Gasteiger partial charge in [-0.05, 0) is 45.4 Å². The van der Waals surface area contributed by atoms with E-state index in [2.05, 4.69) is 15.6 Å². The number of ether oxygens (including phenoxy) is 1. The number of esters is 1. The Kier molecular flexibility index (Phi) is 10.6. The number of benzene rings is 1. The van der Waals surface area contributed by atoms with Crippen LogP contribution in [-0.2, 0) is 16.1 Å². The van der Waals surface area contributed by atoms with Gasteiger partial charge in [-0.15, -0.1) is 0 Å². The topological polar surface area (TPSA) is 83.0 Å². The van der Waals surface area contributed by atoms with Gasteiger partial charge in [0.1, 0.15) is 0 Å². The first-order chi connectivity index (χ1) is 13.0. The van der Waals surface area contributed by atoms with Crippen molar-refractivity contribution >= 4 is 17.8 Å². The molecule has 0 unspecified atom stereocenters. The fourth-order valence-electron chi connectivity index (χ4n) is 2.50. The second kappa shape index (κ2) is 12.7. The molecule has 0 spiro atoms. The molecule has 2 N–H and O–H groups in total. The maximum Gasteiger partial charge on any atom is 0.338 e. The Labute approximate surface area is 162 Å². The van der Waals surface area contributed by atoms with E-state index in [4.69, 9.17) is 4.74 Å². The molecule has 0 radical (unpaired) electrons. The van der Waals surface area contributed by atoms with Gasteiger partial charge in [-0.2, -0.15) is 0 Å². The molecule has 0 fully saturated rings. The molecule has 0 heterocycles.